The number of ether oxygens (including phenoxy) is 4. The van der Waals surface area contributed by atoms with Gasteiger partial charge in [0.05, 0.1) is 38.5 Å². The molecule has 3 aromatic heterocycles. The number of carbonyl (C=O) groups is 1. The van der Waals surface area contributed by atoms with Gasteiger partial charge in [0.2, 0.25) is 5.88 Å². The highest BCUT2D eigenvalue weighted by Crippen LogP contribution is 2.44. The summed E-state index contributed by atoms with van der Waals surface area (Å²) in [4.78, 5) is 19.6. The number of hydrogen-bond donors (Lipinski definition) is 0. The van der Waals surface area contributed by atoms with Crippen LogP contribution in [0, 0.1) is 5.82 Å². The first kappa shape index (κ1) is 24.0. The third-order valence-corrected chi connectivity index (χ3v) is 6.46. The Labute approximate surface area is 217 Å². The predicted molar refractivity (Wildman–Crippen MR) is 135 cm³/mol. The minimum Gasteiger partial charge on any atom is -0.493 e. The zero-order valence-corrected chi connectivity index (χ0v) is 21.4. The molecule has 4 aromatic rings. The smallest absolute Gasteiger partial charge is 0.416 e. The third kappa shape index (κ3) is 4.04. The molecule has 0 unspecified atom stereocenters. The lowest BCUT2D eigenvalue weighted by molar-refractivity contribution is 0.0574. The maximum absolute atomic E-state index is 15.3. The topological polar surface area (TPSA) is 100 Å². The molecule has 0 spiro atoms. The lowest BCUT2D eigenvalue weighted by atomic mass is 9.95. The monoisotopic (exact) mass is 519 g/mol. The number of pyridine rings is 2. The van der Waals surface area contributed by atoms with Crippen molar-refractivity contribution in [3.05, 3.63) is 59.7 Å². The van der Waals surface area contributed by atoms with Crippen LogP contribution in [0.3, 0.4) is 0 Å². The van der Waals surface area contributed by atoms with Gasteiger partial charge in [0.1, 0.15) is 23.5 Å². The summed E-state index contributed by atoms with van der Waals surface area (Å²) in [6, 6.07) is 10.1. The van der Waals surface area contributed by atoms with Gasteiger partial charge < -0.3 is 18.9 Å². The molecule has 0 N–H and O–H groups in total. The standard InChI is InChI=1S/C27H26FN5O5/c1-27(2,3)38-26(34)32-11-17-18(28)8-9-20-23(17)15(12-36-20)13-37-21-10-16(19-6-5-7-22(30-19)35-4)24-31-29-14-33(24)25(21)32/h5-10,14-15H,11-13H2,1-4H3/t15-/m1/s1. The summed E-state index contributed by atoms with van der Waals surface area (Å²) in [6.07, 6.45) is 0.815. The van der Waals surface area contributed by atoms with E-state index in [1.165, 1.54) is 17.3 Å². The summed E-state index contributed by atoms with van der Waals surface area (Å²) in [5.41, 5.74) is 1.89. The highest BCUT2D eigenvalue weighted by molar-refractivity contribution is 5.91. The molecule has 0 bridgehead atoms. The van der Waals surface area contributed by atoms with Crippen molar-refractivity contribution in [3.63, 3.8) is 0 Å². The van der Waals surface area contributed by atoms with E-state index < -0.39 is 17.5 Å². The molecule has 2 aliphatic rings. The van der Waals surface area contributed by atoms with E-state index >= 15 is 4.39 Å². The molecule has 10 nitrogen and oxygen atoms in total. The number of anilines is 1. The Morgan fingerprint density at radius 3 is 2.68 bits per heavy atom. The lowest BCUT2D eigenvalue weighted by Crippen LogP contribution is -2.38. The van der Waals surface area contributed by atoms with E-state index in [0.717, 1.165) is 0 Å². The van der Waals surface area contributed by atoms with E-state index in [1.54, 1.807) is 50.5 Å². The number of benzene rings is 1. The molecule has 0 radical (unpaired) electrons. The van der Waals surface area contributed by atoms with E-state index in [-0.39, 0.29) is 19.1 Å². The van der Waals surface area contributed by atoms with E-state index in [9.17, 15) is 4.79 Å². The molecule has 38 heavy (non-hydrogen) atoms. The summed E-state index contributed by atoms with van der Waals surface area (Å²) in [6.45, 7) is 5.76. The Morgan fingerprint density at radius 2 is 1.92 bits per heavy atom. The van der Waals surface area contributed by atoms with Crippen LogP contribution in [0.2, 0.25) is 0 Å². The normalized spacial score (nSPS) is 16.4. The number of aromatic nitrogens is 4. The first-order valence-electron chi connectivity index (χ1n) is 12.2. The number of hydrogen-bond acceptors (Lipinski definition) is 8. The van der Waals surface area contributed by atoms with Crippen LogP contribution < -0.4 is 19.1 Å². The number of amides is 1. The summed E-state index contributed by atoms with van der Waals surface area (Å²) >= 11 is 0. The molecule has 2 aliphatic heterocycles. The van der Waals surface area contributed by atoms with Crippen molar-refractivity contribution in [1.82, 2.24) is 19.6 Å². The second-order valence-corrected chi connectivity index (χ2v) is 10.2. The fourth-order valence-corrected chi connectivity index (χ4v) is 4.84. The molecule has 0 fully saturated rings. The Morgan fingerprint density at radius 1 is 1.13 bits per heavy atom. The fourth-order valence-electron chi connectivity index (χ4n) is 4.84. The summed E-state index contributed by atoms with van der Waals surface area (Å²) in [7, 11) is 1.54. The molecule has 6 rings (SSSR count). The van der Waals surface area contributed by atoms with Crippen molar-refractivity contribution in [2.45, 2.75) is 38.8 Å². The van der Waals surface area contributed by atoms with Gasteiger partial charge in [0.15, 0.2) is 17.2 Å². The van der Waals surface area contributed by atoms with Crippen LogP contribution in [0.25, 0.3) is 16.9 Å². The number of nitrogens with zero attached hydrogens (tertiary/aromatic N) is 5. The van der Waals surface area contributed by atoms with Gasteiger partial charge in [-0.15, -0.1) is 10.2 Å². The fraction of sp³-hybridized carbons (Fsp3) is 0.333. The summed E-state index contributed by atoms with van der Waals surface area (Å²) in [5.74, 6) is 1.04. The van der Waals surface area contributed by atoms with Crippen molar-refractivity contribution in [3.8, 4) is 28.6 Å². The van der Waals surface area contributed by atoms with Gasteiger partial charge in [0, 0.05) is 22.8 Å². The maximum Gasteiger partial charge on any atom is 0.416 e. The number of rotatable bonds is 2. The molecule has 11 heteroatoms. The lowest BCUT2D eigenvalue weighted by Gasteiger charge is -2.29. The van der Waals surface area contributed by atoms with Crippen LogP contribution >= 0.6 is 0 Å². The molecule has 1 amide bonds. The molecular formula is C27H26FN5O5. The van der Waals surface area contributed by atoms with Gasteiger partial charge in [-0.3, -0.25) is 9.30 Å². The molecule has 1 atom stereocenters. The second kappa shape index (κ2) is 8.86. The predicted octanol–water partition coefficient (Wildman–Crippen LogP) is 4.75. The van der Waals surface area contributed by atoms with Crippen LogP contribution in [-0.4, -0.2) is 51.6 Å². The zero-order valence-electron chi connectivity index (χ0n) is 21.4. The van der Waals surface area contributed by atoms with Gasteiger partial charge in [-0.2, -0.15) is 0 Å². The summed E-state index contributed by atoms with van der Waals surface area (Å²) < 4.78 is 40.2. The summed E-state index contributed by atoms with van der Waals surface area (Å²) in [5, 5.41) is 8.42. The average molecular weight is 520 g/mol. The SMILES string of the molecule is COc1cccc(-c2cc3c(n4cnnc24)N(C(=O)OC(C)(C)C)Cc2c(F)ccc4c2[C@H](CO4)CO3)n1. The van der Waals surface area contributed by atoms with E-state index in [2.05, 4.69) is 15.2 Å². The van der Waals surface area contributed by atoms with Crippen LogP contribution in [-0.2, 0) is 11.3 Å². The number of carbonyl (C=O) groups excluding carboxylic acids is 1. The van der Waals surface area contributed by atoms with Crippen LogP contribution in [0.1, 0.15) is 37.8 Å². The van der Waals surface area contributed by atoms with Crippen molar-refractivity contribution < 1.29 is 28.1 Å². The van der Waals surface area contributed by atoms with E-state index in [0.29, 0.717) is 57.8 Å². The highest BCUT2D eigenvalue weighted by Gasteiger charge is 2.37. The van der Waals surface area contributed by atoms with Crippen molar-refractivity contribution in [1.29, 1.82) is 0 Å². The molecule has 196 valence electrons. The van der Waals surface area contributed by atoms with Crippen molar-refractivity contribution >= 4 is 17.6 Å². The van der Waals surface area contributed by atoms with Crippen molar-refractivity contribution in [2.75, 3.05) is 25.2 Å². The van der Waals surface area contributed by atoms with Gasteiger partial charge in [-0.05, 0) is 45.0 Å². The minimum atomic E-state index is -0.796. The second-order valence-electron chi connectivity index (χ2n) is 10.2. The van der Waals surface area contributed by atoms with Crippen LogP contribution in [0.5, 0.6) is 17.4 Å². The van der Waals surface area contributed by atoms with E-state index in [4.69, 9.17) is 18.9 Å². The number of halogens is 1. The quantitative estimate of drug-likeness (QED) is 0.374. The van der Waals surface area contributed by atoms with Crippen LogP contribution in [0.15, 0.2) is 42.7 Å². The Hall–Kier alpha value is -4.41. The minimum absolute atomic E-state index is 0.107. The number of methoxy groups -OCH3 is 1. The molecule has 0 saturated heterocycles. The molecular weight excluding hydrogens is 493 g/mol. The van der Waals surface area contributed by atoms with Gasteiger partial charge in [-0.25, -0.2) is 14.2 Å². The number of fused-ring (bicyclic) bond motifs is 3. The third-order valence-electron chi connectivity index (χ3n) is 6.46. The molecule has 0 saturated carbocycles. The average Bonchev–Trinajstić information content (AvgIpc) is 3.53. The molecule has 1 aromatic carbocycles. The van der Waals surface area contributed by atoms with Gasteiger partial charge in [-0.1, -0.05) is 6.07 Å². The molecule has 0 aliphatic carbocycles. The largest absolute Gasteiger partial charge is 0.493 e. The van der Waals surface area contributed by atoms with E-state index in [1.807, 2.05) is 12.1 Å². The van der Waals surface area contributed by atoms with Crippen LogP contribution in [0.4, 0.5) is 15.0 Å². The maximum atomic E-state index is 15.3. The van der Waals surface area contributed by atoms with Crippen molar-refractivity contribution in [2.24, 2.45) is 0 Å². The Balaban J connectivity index is 1.59. The first-order chi connectivity index (χ1) is 18.2. The Bertz CT molecular complexity index is 1560. The highest BCUT2D eigenvalue weighted by atomic mass is 19.1. The molecule has 5 heterocycles. The van der Waals surface area contributed by atoms with Gasteiger partial charge in [0.25, 0.3) is 0 Å². The zero-order chi connectivity index (χ0) is 26.6. The first-order valence-corrected chi connectivity index (χ1v) is 12.2. The Kier molecular flexibility index (Phi) is 5.59. The van der Waals surface area contributed by atoms with Gasteiger partial charge >= 0.3 is 6.09 Å².